The third kappa shape index (κ3) is 2.82. The number of hydrogen-bond acceptors (Lipinski definition) is 2. The van der Waals surface area contributed by atoms with E-state index in [0.717, 1.165) is 0 Å². The van der Waals surface area contributed by atoms with Crippen molar-refractivity contribution < 1.29 is 9.90 Å². The van der Waals surface area contributed by atoms with Crippen LogP contribution in [0.5, 0.6) is 0 Å². The fourth-order valence-corrected chi connectivity index (χ4v) is 2.47. The molecule has 20 heavy (non-hydrogen) atoms. The highest BCUT2D eigenvalue weighted by molar-refractivity contribution is 6.49. The van der Waals surface area contributed by atoms with Crippen LogP contribution in [0.1, 0.15) is 5.56 Å². The number of carboxylic acid groups (broad SMARTS) is 1. The van der Waals surface area contributed by atoms with E-state index < -0.39 is 11.5 Å². The van der Waals surface area contributed by atoms with Crippen molar-refractivity contribution in [3.8, 4) is 11.1 Å². The molecule has 0 aliphatic rings. The Labute approximate surface area is 128 Å². The van der Waals surface area contributed by atoms with Gasteiger partial charge in [-0.05, 0) is 17.7 Å². The Balaban J connectivity index is 2.72. The number of pyridine rings is 1. The topological polar surface area (TPSA) is 70.2 Å². The van der Waals surface area contributed by atoms with E-state index in [9.17, 15) is 9.59 Å². The summed E-state index contributed by atoms with van der Waals surface area (Å²) in [5.41, 5.74) is 0.434. The number of benzene rings is 1. The van der Waals surface area contributed by atoms with Crippen molar-refractivity contribution in [2.24, 2.45) is 0 Å². The summed E-state index contributed by atoms with van der Waals surface area (Å²) in [5.74, 6) is -1.05. The maximum absolute atomic E-state index is 12.0. The summed E-state index contributed by atoms with van der Waals surface area (Å²) in [5, 5.41) is 9.40. The van der Waals surface area contributed by atoms with Gasteiger partial charge in [0.25, 0.3) is 5.56 Å². The van der Waals surface area contributed by atoms with Crippen molar-refractivity contribution in [2.75, 3.05) is 0 Å². The van der Waals surface area contributed by atoms with Crippen LogP contribution >= 0.6 is 34.8 Å². The number of aliphatic carboxylic acids is 1. The van der Waals surface area contributed by atoms with Crippen LogP contribution < -0.4 is 5.56 Å². The number of aromatic amines is 1. The third-order valence-corrected chi connectivity index (χ3v) is 3.99. The highest BCUT2D eigenvalue weighted by Gasteiger charge is 2.17. The molecule has 1 aromatic heterocycles. The van der Waals surface area contributed by atoms with Gasteiger partial charge in [0.2, 0.25) is 0 Å². The average Bonchev–Trinajstić information content (AvgIpc) is 2.37. The monoisotopic (exact) mass is 331 g/mol. The van der Waals surface area contributed by atoms with E-state index in [1.54, 1.807) is 0 Å². The Morgan fingerprint density at radius 2 is 1.85 bits per heavy atom. The minimum atomic E-state index is -1.05. The van der Waals surface area contributed by atoms with Gasteiger partial charge in [-0.15, -0.1) is 0 Å². The summed E-state index contributed by atoms with van der Waals surface area (Å²) in [7, 11) is 0. The van der Waals surface area contributed by atoms with E-state index in [2.05, 4.69) is 4.98 Å². The van der Waals surface area contributed by atoms with Gasteiger partial charge in [0, 0.05) is 11.8 Å². The molecule has 2 aromatic rings. The molecule has 0 radical (unpaired) electrons. The number of rotatable bonds is 3. The Kier molecular flexibility index (Phi) is 4.38. The predicted molar refractivity (Wildman–Crippen MR) is 78.9 cm³/mol. The zero-order valence-electron chi connectivity index (χ0n) is 9.91. The fourth-order valence-electron chi connectivity index (χ4n) is 1.84. The lowest BCUT2D eigenvalue weighted by atomic mass is 9.99. The molecule has 0 amide bonds. The van der Waals surface area contributed by atoms with Gasteiger partial charge in [0.05, 0.1) is 27.1 Å². The maximum Gasteiger partial charge on any atom is 0.307 e. The van der Waals surface area contributed by atoms with Crippen LogP contribution in [0.15, 0.2) is 29.2 Å². The third-order valence-electron chi connectivity index (χ3n) is 2.69. The summed E-state index contributed by atoms with van der Waals surface area (Å²) in [6, 6.07) is 4.55. The Bertz CT molecular complexity index is 740. The number of nitrogens with one attached hydrogen (secondary N) is 1. The highest BCUT2D eigenvalue weighted by atomic mass is 35.5. The molecule has 4 nitrogen and oxygen atoms in total. The van der Waals surface area contributed by atoms with Crippen LogP contribution in [0.3, 0.4) is 0 Å². The van der Waals surface area contributed by atoms with Gasteiger partial charge in [-0.1, -0.05) is 40.9 Å². The van der Waals surface area contributed by atoms with Crippen molar-refractivity contribution in [3.05, 3.63) is 55.4 Å². The Morgan fingerprint density at radius 3 is 2.50 bits per heavy atom. The molecule has 1 aromatic carbocycles. The van der Waals surface area contributed by atoms with Crippen LogP contribution in [0.2, 0.25) is 15.1 Å². The van der Waals surface area contributed by atoms with Gasteiger partial charge in [0.1, 0.15) is 0 Å². The van der Waals surface area contributed by atoms with E-state index in [1.165, 1.54) is 24.4 Å². The lowest BCUT2D eigenvalue weighted by Crippen LogP contribution is -2.14. The van der Waals surface area contributed by atoms with Gasteiger partial charge in [-0.2, -0.15) is 0 Å². The minimum Gasteiger partial charge on any atom is -0.481 e. The number of aromatic nitrogens is 1. The van der Waals surface area contributed by atoms with Crippen LogP contribution in [0.25, 0.3) is 11.1 Å². The lowest BCUT2D eigenvalue weighted by molar-refractivity contribution is -0.136. The molecule has 1 heterocycles. The first-order valence-electron chi connectivity index (χ1n) is 5.48. The number of hydrogen-bond donors (Lipinski definition) is 2. The largest absolute Gasteiger partial charge is 0.481 e. The van der Waals surface area contributed by atoms with E-state index in [4.69, 9.17) is 39.9 Å². The molecule has 0 spiro atoms. The molecule has 104 valence electrons. The smallest absolute Gasteiger partial charge is 0.307 e. The fraction of sp³-hybridized carbons (Fsp3) is 0.0769. The van der Waals surface area contributed by atoms with Crippen molar-refractivity contribution in [2.45, 2.75) is 6.42 Å². The molecule has 2 rings (SSSR count). The highest BCUT2D eigenvalue weighted by Crippen LogP contribution is 2.37. The minimum absolute atomic E-state index is 0.113. The molecular formula is C13H8Cl3NO3. The summed E-state index contributed by atoms with van der Waals surface area (Å²) < 4.78 is 0. The van der Waals surface area contributed by atoms with Crippen molar-refractivity contribution in [1.82, 2.24) is 4.98 Å². The normalized spacial score (nSPS) is 10.6. The molecule has 0 atom stereocenters. The first-order valence-corrected chi connectivity index (χ1v) is 6.61. The molecule has 0 aliphatic carbocycles. The van der Waals surface area contributed by atoms with Gasteiger partial charge >= 0.3 is 5.97 Å². The van der Waals surface area contributed by atoms with Gasteiger partial charge in [-0.25, -0.2) is 0 Å². The quantitative estimate of drug-likeness (QED) is 0.843. The molecule has 0 aliphatic heterocycles. The van der Waals surface area contributed by atoms with E-state index in [1.807, 2.05) is 0 Å². The Hall–Kier alpha value is -1.49. The predicted octanol–water partition coefficient (Wildman–Crippen LogP) is 3.63. The summed E-state index contributed by atoms with van der Waals surface area (Å²) in [6.07, 6.45) is 1.09. The van der Waals surface area contributed by atoms with E-state index in [-0.39, 0.29) is 27.1 Å². The van der Waals surface area contributed by atoms with Crippen molar-refractivity contribution >= 4 is 40.8 Å². The van der Waals surface area contributed by atoms with Crippen LogP contribution in [-0.2, 0) is 11.2 Å². The van der Waals surface area contributed by atoms with Crippen molar-refractivity contribution in [1.29, 1.82) is 0 Å². The summed E-state index contributed by atoms with van der Waals surface area (Å²) in [4.78, 5) is 25.4. The van der Waals surface area contributed by atoms with Gasteiger partial charge in [-0.3, -0.25) is 9.59 Å². The van der Waals surface area contributed by atoms with Gasteiger partial charge < -0.3 is 10.1 Å². The molecular weight excluding hydrogens is 325 g/mol. The number of carboxylic acids is 1. The molecule has 0 bridgehead atoms. The summed E-state index contributed by atoms with van der Waals surface area (Å²) >= 11 is 17.9. The average molecular weight is 333 g/mol. The molecule has 0 unspecified atom stereocenters. The SMILES string of the molecule is O=C(O)Cc1cc[nH]c(=O)c1-c1ccc(Cl)c(Cl)c1Cl. The molecule has 7 heteroatoms. The molecule has 0 saturated carbocycles. The second-order valence-corrected chi connectivity index (χ2v) is 5.16. The number of H-pyrrole nitrogens is 1. The second-order valence-electron chi connectivity index (χ2n) is 4.00. The van der Waals surface area contributed by atoms with Crippen LogP contribution in [0.4, 0.5) is 0 Å². The molecule has 0 saturated heterocycles. The number of halogens is 3. The van der Waals surface area contributed by atoms with Crippen molar-refractivity contribution in [3.63, 3.8) is 0 Å². The first kappa shape index (κ1) is 14.9. The zero-order chi connectivity index (χ0) is 14.9. The second kappa shape index (κ2) is 5.87. The first-order chi connectivity index (χ1) is 9.41. The van der Waals surface area contributed by atoms with Gasteiger partial charge in [0.15, 0.2) is 0 Å². The Morgan fingerprint density at radius 1 is 1.15 bits per heavy atom. The standard InChI is InChI=1S/C13H8Cl3NO3/c14-8-2-1-7(11(15)12(8)16)10-6(5-9(18)19)3-4-17-13(10)20/h1-4H,5H2,(H,17,20)(H,18,19). The summed E-state index contributed by atoms with van der Waals surface area (Å²) in [6.45, 7) is 0. The molecule has 2 N–H and O–H groups in total. The number of carbonyl (C=O) groups is 1. The van der Waals surface area contributed by atoms with Crippen LogP contribution in [0, 0.1) is 0 Å². The zero-order valence-corrected chi connectivity index (χ0v) is 12.2. The molecule has 0 fully saturated rings. The maximum atomic E-state index is 12.0. The van der Waals surface area contributed by atoms with E-state index >= 15 is 0 Å². The van der Waals surface area contributed by atoms with E-state index in [0.29, 0.717) is 11.1 Å². The van der Waals surface area contributed by atoms with Crippen LogP contribution in [-0.4, -0.2) is 16.1 Å². The lowest BCUT2D eigenvalue weighted by Gasteiger charge is -2.10.